The number of halogens is 6. The van der Waals surface area contributed by atoms with E-state index in [0.29, 0.717) is 5.69 Å². The Morgan fingerprint density at radius 2 is 1.63 bits per heavy atom. The first-order valence-electron chi connectivity index (χ1n) is 6.80. The van der Waals surface area contributed by atoms with Crippen LogP contribution >= 0.6 is 0 Å². The minimum atomic E-state index is -6.40. The average molecular weight is 419 g/mol. The van der Waals surface area contributed by atoms with Crippen LogP contribution in [0.15, 0.2) is 18.2 Å². The maximum Gasteiger partial charge on any atom is 0.438 e. The molecule has 0 saturated heterocycles. The highest BCUT2D eigenvalue weighted by atomic mass is 32.2. The van der Waals surface area contributed by atoms with Gasteiger partial charge in [0.25, 0.3) is 10.1 Å². The van der Waals surface area contributed by atoms with E-state index in [1.165, 1.54) is 19.0 Å². The first-order valence-corrected chi connectivity index (χ1v) is 8.41. The number of benzene rings is 1. The van der Waals surface area contributed by atoms with E-state index in [0.717, 1.165) is 18.2 Å². The molecule has 2 radical (unpaired) electrons. The molecule has 6 nitrogen and oxygen atoms in total. The van der Waals surface area contributed by atoms with Crippen LogP contribution in [-0.2, 0) is 14.9 Å². The molecule has 0 bridgehead atoms. The monoisotopic (exact) mass is 419 g/mol. The number of rotatable bonds is 5. The van der Waals surface area contributed by atoms with Gasteiger partial charge in [0.2, 0.25) is 0 Å². The summed E-state index contributed by atoms with van der Waals surface area (Å²) in [6.45, 7) is 0. The fourth-order valence-electron chi connectivity index (χ4n) is 2.03. The van der Waals surface area contributed by atoms with Crippen molar-refractivity contribution >= 4 is 35.1 Å². The predicted octanol–water partition coefficient (Wildman–Crippen LogP) is 1.45. The molecule has 14 heteroatoms. The van der Waals surface area contributed by atoms with Crippen LogP contribution in [0.1, 0.15) is 10.4 Å². The molecule has 0 unspecified atom stereocenters. The highest BCUT2D eigenvalue weighted by Crippen LogP contribution is 2.47. The van der Waals surface area contributed by atoms with Crippen molar-refractivity contribution < 1.29 is 48.8 Å². The second kappa shape index (κ2) is 7.22. The molecular formula is C13H12BF6NO5S. The molecule has 0 amide bonds. The van der Waals surface area contributed by atoms with E-state index in [1.54, 1.807) is 0 Å². The SMILES string of the molecule is [B]c1cc(C(=O)OC(CS(=O)(=O)O)(C(F)(F)F)C(F)(F)F)ccc1N(C)C. The largest absolute Gasteiger partial charge is 0.438 e. The van der Waals surface area contributed by atoms with E-state index in [2.05, 4.69) is 4.74 Å². The van der Waals surface area contributed by atoms with E-state index in [-0.39, 0.29) is 5.46 Å². The molecule has 150 valence electrons. The lowest BCUT2D eigenvalue weighted by atomic mass is 9.91. The van der Waals surface area contributed by atoms with Crippen LogP contribution in [0.4, 0.5) is 32.0 Å². The van der Waals surface area contributed by atoms with Gasteiger partial charge in [-0.2, -0.15) is 34.8 Å². The minimum absolute atomic E-state index is 0.158. The Labute approximate surface area is 151 Å². The smallest absolute Gasteiger partial charge is 0.435 e. The minimum Gasteiger partial charge on any atom is -0.435 e. The predicted molar refractivity (Wildman–Crippen MR) is 82.8 cm³/mol. The summed E-state index contributed by atoms with van der Waals surface area (Å²) < 4.78 is 112. The molecule has 1 aromatic carbocycles. The van der Waals surface area contributed by atoms with E-state index in [1.807, 2.05) is 0 Å². The molecule has 27 heavy (non-hydrogen) atoms. The summed E-state index contributed by atoms with van der Waals surface area (Å²) in [5.74, 6) is -5.09. The second-order valence-corrected chi connectivity index (χ2v) is 7.06. The molecule has 1 N–H and O–H groups in total. The quantitative estimate of drug-likeness (QED) is 0.337. The summed E-state index contributed by atoms with van der Waals surface area (Å²) in [7, 11) is 2.79. The first kappa shape index (κ1) is 23.1. The number of ether oxygens (including phenoxy) is 1. The van der Waals surface area contributed by atoms with Crippen molar-refractivity contribution in [1.82, 2.24) is 0 Å². The maximum atomic E-state index is 13.1. The molecule has 0 atom stereocenters. The van der Waals surface area contributed by atoms with Gasteiger partial charge in [-0.1, -0.05) is 11.5 Å². The van der Waals surface area contributed by atoms with Crippen molar-refractivity contribution in [2.75, 3.05) is 24.7 Å². The van der Waals surface area contributed by atoms with Gasteiger partial charge in [0.15, 0.2) is 0 Å². The zero-order valence-electron chi connectivity index (χ0n) is 13.7. The number of hydrogen-bond donors (Lipinski definition) is 1. The Morgan fingerprint density at radius 3 is 1.96 bits per heavy atom. The van der Waals surface area contributed by atoms with Crippen LogP contribution in [0.3, 0.4) is 0 Å². The van der Waals surface area contributed by atoms with Crippen LogP contribution in [0.25, 0.3) is 0 Å². The number of esters is 1. The van der Waals surface area contributed by atoms with E-state index in [4.69, 9.17) is 12.4 Å². The molecular weight excluding hydrogens is 407 g/mol. The molecule has 0 spiro atoms. The topological polar surface area (TPSA) is 83.9 Å². The first-order chi connectivity index (χ1) is 11.9. The summed E-state index contributed by atoms with van der Waals surface area (Å²) in [6, 6.07) is 2.75. The van der Waals surface area contributed by atoms with E-state index < -0.39 is 45.4 Å². The average Bonchev–Trinajstić information content (AvgIpc) is 2.41. The fraction of sp³-hybridized carbons (Fsp3) is 0.462. The fourth-order valence-corrected chi connectivity index (χ4v) is 2.93. The Balaban J connectivity index is 3.46. The normalized spacial score (nSPS) is 13.4. The van der Waals surface area contributed by atoms with Gasteiger partial charge in [-0.25, -0.2) is 4.79 Å². The zero-order chi connectivity index (χ0) is 21.4. The molecule has 0 aliphatic carbocycles. The molecule has 0 fully saturated rings. The van der Waals surface area contributed by atoms with Crippen molar-refractivity contribution in [2.24, 2.45) is 0 Å². The summed E-state index contributed by atoms with van der Waals surface area (Å²) >= 11 is 0. The highest BCUT2D eigenvalue weighted by molar-refractivity contribution is 7.85. The number of nitrogens with zero attached hydrogens (tertiary/aromatic N) is 1. The Kier molecular flexibility index (Phi) is 6.18. The van der Waals surface area contributed by atoms with Crippen LogP contribution < -0.4 is 10.4 Å². The maximum absolute atomic E-state index is 13.1. The van der Waals surface area contributed by atoms with Crippen LogP contribution in [0.5, 0.6) is 0 Å². The van der Waals surface area contributed by atoms with Crippen molar-refractivity contribution in [1.29, 1.82) is 0 Å². The van der Waals surface area contributed by atoms with Gasteiger partial charge in [-0.05, 0) is 12.1 Å². The van der Waals surface area contributed by atoms with Crippen molar-refractivity contribution in [2.45, 2.75) is 18.0 Å². The van der Waals surface area contributed by atoms with E-state index >= 15 is 0 Å². The number of hydrogen-bond acceptors (Lipinski definition) is 5. The molecule has 0 heterocycles. The van der Waals surface area contributed by atoms with Crippen molar-refractivity contribution in [3.8, 4) is 0 Å². The van der Waals surface area contributed by atoms with Crippen LogP contribution in [0.2, 0.25) is 0 Å². The lowest BCUT2D eigenvalue weighted by molar-refractivity contribution is -0.356. The summed E-state index contributed by atoms with van der Waals surface area (Å²) in [6.07, 6.45) is -12.8. The third kappa shape index (κ3) is 5.06. The van der Waals surface area contributed by atoms with Gasteiger partial charge in [-0.3, -0.25) is 4.55 Å². The Morgan fingerprint density at radius 1 is 1.15 bits per heavy atom. The van der Waals surface area contributed by atoms with Crippen LogP contribution in [0, 0.1) is 0 Å². The highest BCUT2D eigenvalue weighted by Gasteiger charge is 2.76. The molecule has 0 aliphatic heterocycles. The number of alkyl halides is 6. The number of anilines is 1. The molecule has 1 aromatic rings. The zero-order valence-corrected chi connectivity index (χ0v) is 14.5. The second-order valence-electron chi connectivity index (χ2n) is 5.61. The summed E-state index contributed by atoms with van der Waals surface area (Å²) in [5, 5.41) is 0. The van der Waals surface area contributed by atoms with Gasteiger partial charge in [0, 0.05) is 19.8 Å². The Hall–Kier alpha value is -1.96. The summed E-state index contributed by atoms with van der Waals surface area (Å²) in [5.41, 5.74) is -6.11. The summed E-state index contributed by atoms with van der Waals surface area (Å²) in [4.78, 5) is 13.4. The van der Waals surface area contributed by atoms with Gasteiger partial charge >= 0.3 is 23.9 Å². The van der Waals surface area contributed by atoms with Gasteiger partial charge < -0.3 is 9.64 Å². The number of carbonyl (C=O) groups is 1. The van der Waals surface area contributed by atoms with Crippen molar-refractivity contribution in [3.05, 3.63) is 23.8 Å². The molecule has 0 aliphatic rings. The van der Waals surface area contributed by atoms with Gasteiger partial charge in [0.05, 0.1) is 5.56 Å². The van der Waals surface area contributed by atoms with Crippen LogP contribution in [-0.4, -0.2) is 64.6 Å². The third-order valence-electron chi connectivity index (χ3n) is 3.31. The van der Waals surface area contributed by atoms with Crippen molar-refractivity contribution in [3.63, 3.8) is 0 Å². The van der Waals surface area contributed by atoms with Gasteiger partial charge in [-0.15, -0.1) is 0 Å². The lowest BCUT2D eigenvalue weighted by Crippen LogP contribution is -2.63. The molecule has 0 saturated carbocycles. The van der Waals surface area contributed by atoms with Gasteiger partial charge in [0.1, 0.15) is 13.6 Å². The standard InChI is InChI=1S/C13H12BF6NO5S/c1-21(2)9-4-3-7(5-8(9)14)10(22)26-11(12(15,16)17,13(18,19)20)6-27(23,24)25/h3-5H,6H2,1-2H3,(H,23,24,25). The number of carbonyl (C=O) groups excluding carboxylic acids is 1. The third-order valence-corrected chi connectivity index (χ3v) is 4.08. The molecule has 1 rings (SSSR count). The Bertz CT molecular complexity index is 807. The molecule has 0 aromatic heterocycles. The van der Waals surface area contributed by atoms with E-state index in [9.17, 15) is 39.6 Å². The lowest BCUT2D eigenvalue weighted by Gasteiger charge is -2.35.